The maximum absolute atomic E-state index is 6.03. The summed E-state index contributed by atoms with van der Waals surface area (Å²) in [7, 11) is 3.44. The predicted molar refractivity (Wildman–Crippen MR) is 84.2 cm³/mol. The SMILES string of the molecule is CCCn1cc(C(CN)N(CCOC)C(C)COC)cn1. The molecule has 21 heavy (non-hydrogen) atoms. The number of nitrogens with zero attached hydrogens (tertiary/aromatic N) is 3. The van der Waals surface area contributed by atoms with Crippen LogP contribution in [0.1, 0.15) is 31.9 Å². The minimum atomic E-state index is 0.135. The fourth-order valence-electron chi connectivity index (χ4n) is 2.58. The molecule has 0 spiro atoms. The van der Waals surface area contributed by atoms with Crippen LogP contribution in [-0.4, -0.2) is 61.2 Å². The number of rotatable bonds is 11. The van der Waals surface area contributed by atoms with Crippen molar-refractivity contribution in [2.24, 2.45) is 5.73 Å². The molecule has 1 heterocycles. The molecule has 0 aliphatic carbocycles. The normalized spacial score (nSPS) is 14.6. The maximum atomic E-state index is 6.03. The van der Waals surface area contributed by atoms with Crippen LogP contribution in [0.2, 0.25) is 0 Å². The fraction of sp³-hybridized carbons (Fsp3) is 0.800. The Kier molecular flexibility index (Phi) is 8.52. The largest absolute Gasteiger partial charge is 0.383 e. The number of hydrogen-bond donors (Lipinski definition) is 1. The molecule has 2 unspecified atom stereocenters. The molecular weight excluding hydrogens is 268 g/mol. The first-order valence-electron chi connectivity index (χ1n) is 7.63. The first kappa shape index (κ1) is 18.1. The van der Waals surface area contributed by atoms with E-state index < -0.39 is 0 Å². The maximum Gasteiger partial charge on any atom is 0.0615 e. The number of ether oxygens (including phenoxy) is 2. The Morgan fingerprint density at radius 1 is 1.38 bits per heavy atom. The van der Waals surface area contributed by atoms with Crippen molar-refractivity contribution >= 4 is 0 Å². The van der Waals surface area contributed by atoms with Crippen LogP contribution in [0.15, 0.2) is 12.4 Å². The third-order valence-corrected chi connectivity index (χ3v) is 3.64. The Bertz CT molecular complexity index is 384. The summed E-state index contributed by atoms with van der Waals surface area (Å²) in [5.74, 6) is 0. The van der Waals surface area contributed by atoms with Crippen LogP contribution in [0, 0.1) is 0 Å². The van der Waals surface area contributed by atoms with E-state index in [-0.39, 0.29) is 12.1 Å². The molecule has 1 aromatic rings. The summed E-state index contributed by atoms with van der Waals surface area (Å²) in [6.07, 6.45) is 5.09. The van der Waals surface area contributed by atoms with Gasteiger partial charge in [-0.2, -0.15) is 5.10 Å². The van der Waals surface area contributed by atoms with Crippen LogP contribution >= 0.6 is 0 Å². The summed E-state index contributed by atoms with van der Waals surface area (Å²) in [5, 5.41) is 4.41. The van der Waals surface area contributed by atoms with Gasteiger partial charge in [-0.15, -0.1) is 0 Å². The lowest BCUT2D eigenvalue weighted by atomic mass is 10.1. The summed E-state index contributed by atoms with van der Waals surface area (Å²) >= 11 is 0. The monoisotopic (exact) mass is 298 g/mol. The molecule has 1 aromatic heterocycles. The van der Waals surface area contributed by atoms with Crippen LogP contribution in [-0.2, 0) is 16.0 Å². The van der Waals surface area contributed by atoms with Crippen molar-refractivity contribution in [2.45, 2.75) is 38.9 Å². The van der Waals surface area contributed by atoms with Gasteiger partial charge in [0.15, 0.2) is 0 Å². The van der Waals surface area contributed by atoms with Crippen LogP contribution in [0.25, 0.3) is 0 Å². The number of methoxy groups -OCH3 is 2. The number of nitrogens with two attached hydrogens (primary N) is 1. The Hall–Kier alpha value is -0.950. The first-order valence-corrected chi connectivity index (χ1v) is 7.63. The van der Waals surface area contributed by atoms with Crippen LogP contribution < -0.4 is 5.73 Å². The molecule has 0 saturated heterocycles. The van der Waals surface area contributed by atoms with E-state index in [0.29, 0.717) is 19.8 Å². The average Bonchev–Trinajstić information content (AvgIpc) is 2.92. The quantitative estimate of drug-likeness (QED) is 0.666. The summed E-state index contributed by atoms with van der Waals surface area (Å²) in [4.78, 5) is 2.33. The molecule has 6 nitrogen and oxygen atoms in total. The minimum absolute atomic E-state index is 0.135. The molecule has 122 valence electrons. The van der Waals surface area contributed by atoms with E-state index >= 15 is 0 Å². The second kappa shape index (κ2) is 9.89. The molecule has 0 aliphatic heterocycles. The molecule has 0 radical (unpaired) electrons. The van der Waals surface area contributed by atoms with Gasteiger partial charge in [-0.25, -0.2) is 0 Å². The molecule has 0 bridgehead atoms. The van der Waals surface area contributed by atoms with Gasteiger partial charge in [0.1, 0.15) is 0 Å². The summed E-state index contributed by atoms with van der Waals surface area (Å²) in [5.41, 5.74) is 7.19. The highest BCUT2D eigenvalue weighted by atomic mass is 16.5. The molecule has 0 saturated carbocycles. The number of aryl methyl sites for hydroxylation is 1. The van der Waals surface area contributed by atoms with E-state index in [1.807, 2.05) is 10.9 Å². The lowest BCUT2D eigenvalue weighted by molar-refractivity contribution is 0.0486. The number of hydrogen-bond acceptors (Lipinski definition) is 5. The molecule has 0 aliphatic rings. The zero-order valence-electron chi connectivity index (χ0n) is 13.8. The highest BCUT2D eigenvalue weighted by molar-refractivity contribution is 5.12. The lowest BCUT2D eigenvalue weighted by Crippen LogP contribution is -2.43. The van der Waals surface area contributed by atoms with Crippen molar-refractivity contribution in [3.05, 3.63) is 18.0 Å². The fourth-order valence-corrected chi connectivity index (χ4v) is 2.58. The highest BCUT2D eigenvalue weighted by Crippen LogP contribution is 2.22. The van der Waals surface area contributed by atoms with Gasteiger partial charge in [0, 0.05) is 51.7 Å². The molecule has 0 fully saturated rings. The van der Waals surface area contributed by atoms with E-state index in [1.54, 1.807) is 14.2 Å². The van der Waals surface area contributed by atoms with Gasteiger partial charge < -0.3 is 15.2 Å². The van der Waals surface area contributed by atoms with Crippen molar-refractivity contribution in [1.82, 2.24) is 14.7 Å². The molecule has 0 aromatic carbocycles. The third kappa shape index (κ3) is 5.39. The van der Waals surface area contributed by atoms with Gasteiger partial charge >= 0.3 is 0 Å². The highest BCUT2D eigenvalue weighted by Gasteiger charge is 2.24. The Morgan fingerprint density at radius 2 is 2.14 bits per heavy atom. The average molecular weight is 298 g/mol. The van der Waals surface area contributed by atoms with Gasteiger partial charge in [0.25, 0.3) is 0 Å². The van der Waals surface area contributed by atoms with Gasteiger partial charge in [0.05, 0.1) is 25.5 Å². The van der Waals surface area contributed by atoms with Gasteiger partial charge in [-0.05, 0) is 13.3 Å². The zero-order chi connectivity index (χ0) is 15.7. The number of aromatic nitrogens is 2. The molecule has 6 heteroatoms. The second-order valence-electron chi connectivity index (χ2n) is 5.32. The van der Waals surface area contributed by atoms with Crippen LogP contribution in [0.3, 0.4) is 0 Å². The van der Waals surface area contributed by atoms with Crippen LogP contribution in [0.5, 0.6) is 0 Å². The van der Waals surface area contributed by atoms with Crippen molar-refractivity contribution in [1.29, 1.82) is 0 Å². The minimum Gasteiger partial charge on any atom is -0.383 e. The van der Waals surface area contributed by atoms with Crippen molar-refractivity contribution in [3.63, 3.8) is 0 Å². The Morgan fingerprint density at radius 3 is 2.71 bits per heavy atom. The lowest BCUT2D eigenvalue weighted by Gasteiger charge is -2.35. The summed E-state index contributed by atoms with van der Waals surface area (Å²) in [6, 6.07) is 0.407. The molecule has 2 N–H and O–H groups in total. The van der Waals surface area contributed by atoms with E-state index in [4.69, 9.17) is 15.2 Å². The predicted octanol–water partition coefficient (Wildman–Crippen LogP) is 1.28. The Balaban J connectivity index is 2.87. The zero-order valence-corrected chi connectivity index (χ0v) is 13.8. The third-order valence-electron chi connectivity index (χ3n) is 3.64. The van der Waals surface area contributed by atoms with E-state index in [2.05, 4.69) is 30.0 Å². The smallest absolute Gasteiger partial charge is 0.0615 e. The standard InChI is InChI=1S/C15H30N4O2/c1-5-6-18-11-14(10-17-18)15(9-16)19(7-8-20-3)13(2)12-21-4/h10-11,13,15H,5-9,12,16H2,1-4H3. The first-order chi connectivity index (χ1) is 10.2. The second-order valence-corrected chi connectivity index (χ2v) is 5.32. The summed E-state index contributed by atoms with van der Waals surface area (Å²) in [6.45, 7) is 7.95. The molecule has 1 rings (SSSR count). The van der Waals surface area contributed by atoms with Crippen LogP contribution in [0.4, 0.5) is 0 Å². The molecule has 0 amide bonds. The van der Waals surface area contributed by atoms with E-state index in [1.165, 1.54) is 0 Å². The van der Waals surface area contributed by atoms with Crippen molar-refractivity contribution in [3.8, 4) is 0 Å². The molecular formula is C15H30N4O2. The summed E-state index contributed by atoms with van der Waals surface area (Å²) < 4.78 is 12.5. The van der Waals surface area contributed by atoms with Gasteiger partial charge in [0.2, 0.25) is 0 Å². The Labute approximate surface area is 128 Å². The topological polar surface area (TPSA) is 65.5 Å². The van der Waals surface area contributed by atoms with Gasteiger partial charge in [-0.3, -0.25) is 9.58 Å². The molecule has 2 atom stereocenters. The van der Waals surface area contributed by atoms with Crippen molar-refractivity contribution < 1.29 is 9.47 Å². The van der Waals surface area contributed by atoms with Crippen molar-refractivity contribution in [2.75, 3.05) is 40.5 Å². The van der Waals surface area contributed by atoms with E-state index in [9.17, 15) is 0 Å². The van der Waals surface area contributed by atoms with Gasteiger partial charge in [-0.1, -0.05) is 6.92 Å². The van der Waals surface area contributed by atoms with E-state index in [0.717, 1.165) is 25.1 Å².